The van der Waals surface area contributed by atoms with Gasteiger partial charge in [-0.1, -0.05) is 0 Å². The molecule has 3 rings (SSSR count). The summed E-state index contributed by atoms with van der Waals surface area (Å²) in [6, 6.07) is 9.71. The van der Waals surface area contributed by atoms with Crippen LogP contribution in [0.1, 0.15) is 34.5 Å². The largest absolute Gasteiger partial charge is 0.371 e. The Bertz CT molecular complexity index is 739. The van der Waals surface area contributed by atoms with Crippen LogP contribution in [-0.2, 0) is 0 Å². The molecule has 0 unspecified atom stereocenters. The monoisotopic (exact) mass is 421 g/mol. The molecule has 0 spiro atoms. The number of anilines is 2. The first-order chi connectivity index (χ1) is 11.0. The van der Waals surface area contributed by atoms with E-state index in [2.05, 4.69) is 50.8 Å². The highest BCUT2D eigenvalue weighted by molar-refractivity contribution is 14.1. The van der Waals surface area contributed by atoms with Gasteiger partial charge in [0.2, 0.25) is 0 Å². The number of carbonyl (C=O) groups excluding carboxylic acids is 1. The maximum atomic E-state index is 12.4. The predicted octanol–water partition coefficient (Wildman–Crippen LogP) is 4.16. The molecule has 1 saturated heterocycles. The highest BCUT2D eigenvalue weighted by Crippen LogP contribution is 2.25. The summed E-state index contributed by atoms with van der Waals surface area (Å²) in [7, 11) is 0. The van der Waals surface area contributed by atoms with Crippen molar-refractivity contribution >= 4 is 40.0 Å². The number of nitrogens with zero attached hydrogens (tertiary/aromatic N) is 2. The van der Waals surface area contributed by atoms with Crippen molar-refractivity contribution in [2.75, 3.05) is 23.3 Å². The number of hydrogen-bond donors (Lipinski definition) is 1. The number of hydrogen-bond acceptors (Lipinski definition) is 3. The van der Waals surface area contributed by atoms with Crippen LogP contribution in [0.25, 0.3) is 0 Å². The number of benzene rings is 1. The fourth-order valence-electron chi connectivity index (χ4n) is 2.91. The summed E-state index contributed by atoms with van der Waals surface area (Å²) in [5.41, 5.74) is 3.97. The van der Waals surface area contributed by atoms with Crippen molar-refractivity contribution < 1.29 is 4.79 Å². The number of aromatic nitrogens is 1. The van der Waals surface area contributed by atoms with Crippen LogP contribution in [0.15, 0.2) is 30.3 Å². The molecule has 5 heteroatoms. The lowest BCUT2D eigenvalue weighted by molar-refractivity contribution is 0.102. The van der Waals surface area contributed by atoms with Crippen LogP contribution in [-0.4, -0.2) is 24.0 Å². The number of nitrogens with one attached hydrogen (secondary N) is 1. The van der Waals surface area contributed by atoms with Crippen LogP contribution in [0.5, 0.6) is 0 Å². The maximum Gasteiger partial charge on any atom is 0.256 e. The Balaban J connectivity index is 1.76. The van der Waals surface area contributed by atoms with Crippen LogP contribution in [0.2, 0.25) is 0 Å². The maximum absolute atomic E-state index is 12.4. The molecule has 23 heavy (non-hydrogen) atoms. The molecular weight excluding hydrogens is 401 g/mol. The first-order valence-electron chi connectivity index (χ1n) is 7.85. The van der Waals surface area contributed by atoms with Gasteiger partial charge in [0.15, 0.2) is 0 Å². The molecule has 2 aromatic rings. The van der Waals surface area contributed by atoms with E-state index < -0.39 is 0 Å². The van der Waals surface area contributed by atoms with Crippen molar-refractivity contribution in [3.8, 4) is 0 Å². The molecule has 1 aromatic carbocycles. The van der Waals surface area contributed by atoms with E-state index in [9.17, 15) is 4.79 Å². The molecule has 0 bridgehead atoms. The summed E-state index contributed by atoms with van der Waals surface area (Å²) < 4.78 is 1.09. The molecule has 0 atom stereocenters. The first-order valence-corrected chi connectivity index (χ1v) is 8.92. The second-order valence-corrected chi connectivity index (χ2v) is 7.08. The molecule has 1 aromatic heterocycles. The number of pyridine rings is 1. The molecule has 0 radical (unpaired) electrons. The van der Waals surface area contributed by atoms with E-state index in [1.165, 1.54) is 18.5 Å². The van der Waals surface area contributed by atoms with E-state index >= 15 is 0 Å². The van der Waals surface area contributed by atoms with Gasteiger partial charge in [0, 0.05) is 27.9 Å². The lowest BCUT2D eigenvalue weighted by atomic mass is 10.1. The highest BCUT2D eigenvalue weighted by Gasteiger charge is 2.16. The minimum atomic E-state index is -0.116. The summed E-state index contributed by atoms with van der Waals surface area (Å²) >= 11 is 2.23. The summed E-state index contributed by atoms with van der Waals surface area (Å²) in [5, 5.41) is 2.88. The molecule has 2 heterocycles. The Kier molecular flexibility index (Phi) is 4.84. The van der Waals surface area contributed by atoms with Gasteiger partial charge in [-0.2, -0.15) is 0 Å². The SMILES string of the molecule is Cc1cc(C(=O)Nc2ccc(I)c(C)n2)ccc1N1CCCC1. The second kappa shape index (κ2) is 6.86. The van der Waals surface area contributed by atoms with Crippen molar-refractivity contribution in [3.05, 3.63) is 50.7 Å². The zero-order valence-electron chi connectivity index (χ0n) is 13.4. The molecule has 4 nitrogen and oxygen atoms in total. The summed E-state index contributed by atoms with van der Waals surface area (Å²) in [6.07, 6.45) is 2.50. The third kappa shape index (κ3) is 3.65. The summed E-state index contributed by atoms with van der Waals surface area (Å²) in [5.74, 6) is 0.475. The number of rotatable bonds is 3. The average Bonchev–Trinajstić information content (AvgIpc) is 3.05. The smallest absolute Gasteiger partial charge is 0.256 e. The van der Waals surface area contributed by atoms with E-state index in [0.29, 0.717) is 11.4 Å². The number of aryl methyl sites for hydroxylation is 2. The lowest BCUT2D eigenvalue weighted by Crippen LogP contribution is -2.19. The lowest BCUT2D eigenvalue weighted by Gasteiger charge is -2.20. The van der Waals surface area contributed by atoms with Gasteiger partial charge in [-0.05, 0) is 85.2 Å². The van der Waals surface area contributed by atoms with Crippen LogP contribution in [0.3, 0.4) is 0 Å². The second-order valence-electron chi connectivity index (χ2n) is 5.91. The van der Waals surface area contributed by atoms with Gasteiger partial charge in [-0.15, -0.1) is 0 Å². The molecule has 120 valence electrons. The normalized spacial score (nSPS) is 14.1. The molecule has 1 amide bonds. The molecule has 1 fully saturated rings. The van der Waals surface area contributed by atoms with E-state index in [1.54, 1.807) is 0 Å². The Hall–Kier alpha value is -1.63. The van der Waals surface area contributed by atoms with Gasteiger partial charge in [0.25, 0.3) is 5.91 Å². The molecule has 0 aliphatic carbocycles. The molecule has 1 aliphatic heterocycles. The topological polar surface area (TPSA) is 45.2 Å². The van der Waals surface area contributed by atoms with Crippen LogP contribution in [0.4, 0.5) is 11.5 Å². The zero-order chi connectivity index (χ0) is 16.4. The van der Waals surface area contributed by atoms with Gasteiger partial charge in [-0.3, -0.25) is 4.79 Å². The minimum absolute atomic E-state index is 0.116. The van der Waals surface area contributed by atoms with Crippen molar-refractivity contribution in [3.63, 3.8) is 0 Å². The molecule has 0 saturated carbocycles. The Morgan fingerprint density at radius 3 is 2.57 bits per heavy atom. The molecule has 1 N–H and O–H groups in total. The summed E-state index contributed by atoms with van der Waals surface area (Å²) in [6.45, 7) is 6.22. The third-order valence-electron chi connectivity index (χ3n) is 4.17. The van der Waals surface area contributed by atoms with Crippen molar-refractivity contribution in [2.24, 2.45) is 0 Å². The third-order valence-corrected chi connectivity index (χ3v) is 5.31. The number of halogens is 1. The first kappa shape index (κ1) is 16.2. The van der Waals surface area contributed by atoms with Crippen molar-refractivity contribution in [1.29, 1.82) is 0 Å². The average molecular weight is 421 g/mol. The fourth-order valence-corrected chi connectivity index (χ4v) is 3.21. The summed E-state index contributed by atoms with van der Waals surface area (Å²) in [4.78, 5) is 19.2. The van der Waals surface area contributed by atoms with Gasteiger partial charge in [-0.25, -0.2) is 4.98 Å². The van der Waals surface area contributed by atoms with Crippen molar-refractivity contribution in [2.45, 2.75) is 26.7 Å². The van der Waals surface area contributed by atoms with Crippen molar-refractivity contribution in [1.82, 2.24) is 4.98 Å². The number of amides is 1. The Morgan fingerprint density at radius 1 is 1.17 bits per heavy atom. The van der Waals surface area contributed by atoms with E-state index in [4.69, 9.17) is 0 Å². The highest BCUT2D eigenvalue weighted by atomic mass is 127. The molecular formula is C18H20IN3O. The van der Waals surface area contributed by atoms with E-state index in [1.807, 2.05) is 31.2 Å². The van der Waals surface area contributed by atoms with Gasteiger partial charge in [0.1, 0.15) is 5.82 Å². The Labute approximate surface area is 150 Å². The molecule has 1 aliphatic rings. The van der Waals surface area contributed by atoms with Gasteiger partial charge < -0.3 is 10.2 Å². The van der Waals surface area contributed by atoms with Crippen LogP contribution >= 0.6 is 22.6 Å². The zero-order valence-corrected chi connectivity index (χ0v) is 15.6. The quantitative estimate of drug-likeness (QED) is 0.758. The predicted molar refractivity (Wildman–Crippen MR) is 102 cm³/mol. The Morgan fingerprint density at radius 2 is 1.91 bits per heavy atom. The number of carbonyl (C=O) groups is 1. The van der Waals surface area contributed by atoms with Gasteiger partial charge in [0.05, 0.1) is 5.69 Å². The van der Waals surface area contributed by atoms with Crippen LogP contribution < -0.4 is 10.2 Å². The fraction of sp³-hybridized carbons (Fsp3) is 0.333. The standard InChI is InChI=1S/C18H20IN3O/c1-12-11-14(5-7-16(12)22-9-3-4-10-22)18(23)21-17-8-6-15(19)13(2)20-17/h5-8,11H,3-4,9-10H2,1-2H3,(H,20,21,23). The minimum Gasteiger partial charge on any atom is -0.371 e. The van der Waals surface area contributed by atoms with Crippen LogP contribution in [0, 0.1) is 17.4 Å². The van der Waals surface area contributed by atoms with E-state index in [0.717, 1.165) is 27.9 Å². The van der Waals surface area contributed by atoms with Gasteiger partial charge >= 0.3 is 0 Å². The van der Waals surface area contributed by atoms with E-state index in [-0.39, 0.29) is 5.91 Å².